The van der Waals surface area contributed by atoms with Gasteiger partial charge in [0.1, 0.15) is 5.76 Å². The van der Waals surface area contributed by atoms with Crippen LogP contribution < -0.4 is 5.32 Å². The maximum absolute atomic E-state index is 11.6. The smallest absolute Gasteiger partial charge is 0.258 e. The zero-order valence-electron chi connectivity index (χ0n) is 10.6. The van der Waals surface area contributed by atoms with Gasteiger partial charge in [0.25, 0.3) is 5.91 Å². The summed E-state index contributed by atoms with van der Waals surface area (Å²) >= 11 is 5.56. The van der Waals surface area contributed by atoms with E-state index in [9.17, 15) is 4.79 Å². The third-order valence-corrected chi connectivity index (χ3v) is 2.94. The van der Waals surface area contributed by atoms with Gasteiger partial charge < -0.3 is 10.1 Å². The highest BCUT2D eigenvalue weighted by atomic mass is 35.5. The van der Waals surface area contributed by atoms with Crippen LogP contribution in [0.5, 0.6) is 0 Å². The molecule has 0 aromatic heterocycles. The van der Waals surface area contributed by atoms with Gasteiger partial charge in [0.15, 0.2) is 6.61 Å². The van der Waals surface area contributed by atoms with E-state index in [0.29, 0.717) is 16.8 Å². The molecule has 0 radical (unpaired) electrons. The first-order valence-corrected chi connectivity index (χ1v) is 6.59. The van der Waals surface area contributed by atoms with E-state index < -0.39 is 0 Å². The molecule has 1 fully saturated rings. The molecular weight excluding hydrogens is 250 g/mol. The number of rotatable bonds is 6. The molecule has 1 amide bonds. The molecule has 4 heteroatoms. The third-order valence-electron chi connectivity index (χ3n) is 2.81. The lowest BCUT2D eigenvalue weighted by atomic mass is 9.95. The van der Waals surface area contributed by atoms with Crippen molar-refractivity contribution < 1.29 is 9.53 Å². The van der Waals surface area contributed by atoms with Crippen LogP contribution in [-0.4, -0.2) is 18.6 Å². The number of ether oxygens (including phenoxy) is 1. The quantitative estimate of drug-likeness (QED) is 0.594. The summed E-state index contributed by atoms with van der Waals surface area (Å²) < 4.78 is 5.20. The molecule has 0 aliphatic heterocycles. The molecule has 0 atom stereocenters. The van der Waals surface area contributed by atoms with Crippen molar-refractivity contribution in [3.8, 4) is 0 Å². The van der Waals surface area contributed by atoms with E-state index >= 15 is 0 Å². The van der Waals surface area contributed by atoms with Crippen LogP contribution in [0, 0.1) is 0 Å². The summed E-state index contributed by atoms with van der Waals surface area (Å²) in [4.78, 5) is 11.6. The Morgan fingerprint density at radius 3 is 2.56 bits per heavy atom. The average molecular weight is 270 g/mol. The van der Waals surface area contributed by atoms with Gasteiger partial charge in [0.05, 0.1) is 0 Å². The molecule has 100 valence electrons. The second-order valence-electron chi connectivity index (χ2n) is 4.44. The molecule has 0 heterocycles. The highest BCUT2D eigenvalue weighted by Gasteiger charge is 2.15. The molecule has 0 bridgehead atoms. The number of carbonyl (C=O) groups excluding carboxylic acids is 1. The minimum Gasteiger partial charge on any atom is -0.484 e. The van der Waals surface area contributed by atoms with Crippen molar-refractivity contribution in [2.75, 3.05) is 6.61 Å². The molecule has 0 aromatic rings. The van der Waals surface area contributed by atoms with E-state index in [2.05, 4.69) is 18.5 Å². The number of carbonyl (C=O) groups is 1. The number of allylic oxidation sites excluding steroid dienone is 3. The molecule has 1 aliphatic carbocycles. The van der Waals surface area contributed by atoms with Gasteiger partial charge in [-0.25, -0.2) is 0 Å². The van der Waals surface area contributed by atoms with Crippen LogP contribution in [0.1, 0.15) is 32.1 Å². The van der Waals surface area contributed by atoms with E-state index in [-0.39, 0.29) is 12.5 Å². The maximum Gasteiger partial charge on any atom is 0.258 e. The number of nitrogens with one attached hydrogen (secondary N) is 1. The van der Waals surface area contributed by atoms with Gasteiger partial charge >= 0.3 is 0 Å². The first kappa shape index (κ1) is 14.8. The van der Waals surface area contributed by atoms with Crippen molar-refractivity contribution in [2.24, 2.45) is 0 Å². The van der Waals surface area contributed by atoms with Crippen molar-refractivity contribution in [3.05, 3.63) is 36.1 Å². The van der Waals surface area contributed by atoms with Gasteiger partial charge in [0, 0.05) is 11.1 Å². The Balaban J connectivity index is 2.19. The SMILES string of the molecule is C=C(Cl)/C=C\C(=C)OCC(=O)NC1CCCCC1. The molecule has 3 nitrogen and oxygen atoms in total. The number of halogens is 1. The molecule has 1 N–H and O–H groups in total. The fourth-order valence-electron chi connectivity index (χ4n) is 1.91. The average Bonchev–Trinajstić information content (AvgIpc) is 2.35. The largest absolute Gasteiger partial charge is 0.484 e. The highest BCUT2D eigenvalue weighted by molar-refractivity contribution is 6.30. The third kappa shape index (κ3) is 6.50. The van der Waals surface area contributed by atoms with Crippen LogP contribution in [-0.2, 0) is 9.53 Å². The fourth-order valence-corrected chi connectivity index (χ4v) is 1.97. The summed E-state index contributed by atoms with van der Waals surface area (Å²) in [5.74, 6) is 0.303. The molecule has 1 aliphatic rings. The lowest BCUT2D eigenvalue weighted by molar-refractivity contribution is -0.125. The Bertz CT molecular complexity index is 344. The van der Waals surface area contributed by atoms with E-state index in [1.807, 2.05) is 0 Å². The molecule has 0 spiro atoms. The van der Waals surface area contributed by atoms with Crippen molar-refractivity contribution in [1.82, 2.24) is 5.32 Å². The Labute approximate surface area is 114 Å². The fraction of sp³-hybridized carbons (Fsp3) is 0.500. The zero-order valence-corrected chi connectivity index (χ0v) is 11.3. The Morgan fingerprint density at radius 1 is 1.28 bits per heavy atom. The zero-order chi connectivity index (χ0) is 13.4. The van der Waals surface area contributed by atoms with Crippen LogP contribution >= 0.6 is 11.6 Å². The molecular formula is C14H20ClNO2. The first-order valence-electron chi connectivity index (χ1n) is 6.21. The Kier molecular flexibility index (Phi) is 6.58. The molecule has 18 heavy (non-hydrogen) atoms. The van der Waals surface area contributed by atoms with Gasteiger partial charge in [-0.15, -0.1) is 0 Å². The monoisotopic (exact) mass is 269 g/mol. The number of hydrogen-bond acceptors (Lipinski definition) is 2. The van der Waals surface area contributed by atoms with Gasteiger partial charge in [-0.3, -0.25) is 4.79 Å². The summed E-state index contributed by atoms with van der Waals surface area (Å²) in [5.41, 5.74) is 0. The molecule has 0 saturated heterocycles. The van der Waals surface area contributed by atoms with Gasteiger partial charge in [-0.1, -0.05) is 44.0 Å². The number of amides is 1. The van der Waals surface area contributed by atoms with Gasteiger partial charge in [-0.2, -0.15) is 0 Å². The molecule has 1 saturated carbocycles. The maximum atomic E-state index is 11.6. The number of hydrogen-bond donors (Lipinski definition) is 1. The standard InChI is InChI=1S/C14H20ClNO2/c1-11(15)8-9-12(2)18-10-14(17)16-13-6-4-3-5-7-13/h8-9,13H,1-7,10H2,(H,16,17)/b9-8-. The van der Waals surface area contributed by atoms with E-state index in [1.165, 1.54) is 19.3 Å². The molecule has 1 rings (SSSR count). The van der Waals surface area contributed by atoms with Gasteiger partial charge in [0.2, 0.25) is 0 Å². The predicted octanol–water partition coefficient (Wildman–Crippen LogP) is 3.27. The van der Waals surface area contributed by atoms with Crippen LogP contribution in [0.25, 0.3) is 0 Å². The Hall–Kier alpha value is -1.22. The van der Waals surface area contributed by atoms with Crippen molar-refractivity contribution >= 4 is 17.5 Å². The van der Waals surface area contributed by atoms with Gasteiger partial charge in [-0.05, 0) is 25.0 Å². The van der Waals surface area contributed by atoms with E-state index in [1.54, 1.807) is 12.2 Å². The molecule has 0 aromatic carbocycles. The van der Waals surface area contributed by atoms with Crippen LogP contribution in [0.3, 0.4) is 0 Å². The summed E-state index contributed by atoms with van der Waals surface area (Å²) in [5, 5.41) is 3.36. The summed E-state index contributed by atoms with van der Waals surface area (Å²) in [7, 11) is 0. The lowest BCUT2D eigenvalue weighted by Crippen LogP contribution is -2.38. The highest BCUT2D eigenvalue weighted by Crippen LogP contribution is 2.17. The van der Waals surface area contributed by atoms with Crippen LogP contribution in [0.2, 0.25) is 0 Å². The first-order chi connectivity index (χ1) is 8.58. The minimum atomic E-state index is -0.0962. The van der Waals surface area contributed by atoms with E-state index in [4.69, 9.17) is 16.3 Å². The van der Waals surface area contributed by atoms with Crippen molar-refractivity contribution in [1.29, 1.82) is 0 Å². The minimum absolute atomic E-state index is 0.00552. The van der Waals surface area contributed by atoms with Crippen molar-refractivity contribution in [2.45, 2.75) is 38.1 Å². The second kappa shape index (κ2) is 7.98. The second-order valence-corrected chi connectivity index (χ2v) is 4.92. The van der Waals surface area contributed by atoms with Crippen molar-refractivity contribution in [3.63, 3.8) is 0 Å². The topological polar surface area (TPSA) is 38.3 Å². The van der Waals surface area contributed by atoms with Crippen LogP contribution in [0.15, 0.2) is 36.1 Å². The van der Waals surface area contributed by atoms with Crippen LogP contribution in [0.4, 0.5) is 0 Å². The summed E-state index contributed by atoms with van der Waals surface area (Å²) in [6, 6.07) is 0.307. The lowest BCUT2D eigenvalue weighted by Gasteiger charge is -2.22. The molecule has 0 unspecified atom stereocenters. The normalized spacial score (nSPS) is 16.5. The van der Waals surface area contributed by atoms with E-state index in [0.717, 1.165) is 12.8 Å². The summed E-state index contributed by atoms with van der Waals surface area (Å²) in [6.07, 6.45) is 8.95. The summed E-state index contributed by atoms with van der Waals surface area (Å²) in [6.45, 7) is 7.15. The Morgan fingerprint density at radius 2 is 1.94 bits per heavy atom. The predicted molar refractivity (Wildman–Crippen MR) is 74.2 cm³/mol.